The highest BCUT2D eigenvalue weighted by molar-refractivity contribution is 5.36. The van der Waals surface area contributed by atoms with Crippen molar-refractivity contribution >= 4 is 0 Å². The average molecular weight is 246 g/mol. The number of benzene rings is 1. The predicted octanol–water partition coefficient (Wildman–Crippen LogP) is 3.18. The first kappa shape index (κ1) is 13.6. The van der Waals surface area contributed by atoms with Crippen LogP contribution in [-0.4, -0.2) is 23.5 Å². The zero-order valence-corrected chi connectivity index (χ0v) is 12.1. The number of likely N-dealkylation sites (tertiary alicyclic amines) is 1. The van der Waals surface area contributed by atoms with E-state index in [2.05, 4.69) is 50.8 Å². The Hall–Kier alpha value is -0.860. The van der Waals surface area contributed by atoms with Gasteiger partial charge >= 0.3 is 0 Å². The summed E-state index contributed by atoms with van der Waals surface area (Å²) in [5, 5.41) is 0. The molecule has 100 valence electrons. The van der Waals surface area contributed by atoms with Crippen LogP contribution in [-0.2, 0) is 0 Å². The third-order valence-corrected chi connectivity index (χ3v) is 4.35. The van der Waals surface area contributed by atoms with E-state index in [1.807, 2.05) is 0 Å². The Kier molecular flexibility index (Phi) is 4.08. The molecule has 2 N–H and O–H groups in total. The van der Waals surface area contributed by atoms with E-state index in [-0.39, 0.29) is 6.04 Å². The number of rotatable bonds is 2. The SMILES string of the molecule is Cc1cccc(C2C(N)CCCN2C(C)C)c1C. The van der Waals surface area contributed by atoms with Crippen LogP contribution < -0.4 is 5.73 Å². The molecule has 1 heterocycles. The molecule has 0 bridgehead atoms. The highest BCUT2D eigenvalue weighted by Crippen LogP contribution is 2.34. The van der Waals surface area contributed by atoms with Crippen molar-refractivity contribution in [1.29, 1.82) is 0 Å². The van der Waals surface area contributed by atoms with Gasteiger partial charge in [0.05, 0.1) is 6.04 Å². The number of aryl methyl sites for hydroxylation is 1. The monoisotopic (exact) mass is 246 g/mol. The molecular formula is C16H26N2. The summed E-state index contributed by atoms with van der Waals surface area (Å²) in [5.74, 6) is 0. The van der Waals surface area contributed by atoms with E-state index in [1.54, 1.807) is 0 Å². The summed E-state index contributed by atoms with van der Waals surface area (Å²) < 4.78 is 0. The molecule has 1 aliphatic rings. The molecule has 1 fully saturated rings. The van der Waals surface area contributed by atoms with Crippen LogP contribution in [0.3, 0.4) is 0 Å². The summed E-state index contributed by atoms with van der Waals surface area (Å²) in [6.07, 6.45) is 2.36. The van der Waals surface area contributed by atoms with Gasteiger partial charge in [-0.2, -0.15) is 0 Å². The molecule has 2 unspecified atom stereocenters. The van der Waals surface area contributed by atoms with E-state index in [0.29, 0.717) is 12.1 Å². The molecule has 1 saturated heterocycles. The van der Waals surface area contributed by atoms with Crippen molar-refractivity contribution in [2.75, 3.05) is 6.54 Å². The van der Waals surface area contributed by atoms with Crippen LogP contribution in [0, 0.1) is 13.8 Å². The maximum absolute atomic E-state index is 6.42. The Bertz CT molecular complexity index is 412. The van der Waals surface area contributed by atoms with Gasteiger partial charge in [0.25, 0.3) is 0 Å². The number of nitrogens with zero attached hydrogens (tertiary/aromatic N) is 1. The van der Waals surface area contributed by atoms with Gasteiger partial charge in [0.1, 0.15) is 0 Å². The van der Waals surface area contributed by atoms with E-state index < -0.39 is 0 Å². The van der Waals surface area contributed by atoms with Gasteiger partial charge in [-0.3, -0.25) is 4.90 Å². The highest BCUT2D eigenvalue weighted by Gasteiger charge is 2.32. The lowest BCUT2D eigenvalue weighted by Crippen LogP contribution is -2.48. The Morgan fingerprint density at radius 2 is 2.00 bits per heavy atom. The molecule has 2 heteroatoms. The van der Waals surface area contributed by atoms with Gasteiger partial charge in [0.2, 0.25) is 0 Å². The molecule has 1 aromatic carbocycles. The lowest BCUT2D eigenvalue weighted by Gasteiger charge is -2.43. The summed E-state index contributed by atoms with van der Waals surface area (Å²) >= 11 is 0. The number of hydrogen-bond acceptors (Lipinski definition) is 2. The minimum atomic E-state index is 0.265. The normalized spacial score (nSPS) is 25.7. The van der Waals surface area contributed by atoms with Crippen molar-refractivity contribution in [1.82, 2.24) is 4.90 Å². The molecule has 0 spiro atoms. The molecule has 0 aromatic heterocycles. The minimum Gasteiger partial charge on any atom is -0.326 e. The van der Waals surface area contributed by atoms with Crippen molar-refractivity contribution in [3.8, 4) is 0 Å². The fourth-order valence-corrected chi connectivity index (χ4v) is 3.14. The maximum Gasteiger partial charge on any atom is 0.0504 e. The standard InChI is InChI=1S/C16H26N2/c1-11(2)18-10-6-9-15(17)16(18)14-8-5-7-12(3)13(14)4/h5,7-8,11,15-16H,6,9-10,17H2,1-4H3. The van der Waals surface area contributed by atoms with E-state index >= 15 is 0 Å². The highest BCUT2D eigenvalue weighted by atomic mass is 15.2. The molecule has 0 amide bonds. The van der Waals surface area contributed by atoms with Crippen molar-refractivity contribution in [3.63, 3.8) is 0 Å². The van der Waals surface area contributed by atoms with Gasteiger partial charge < -0.3 is 5.73 Å². The van der Waals surface area contributed by atoms with Crippen LogP contribution in [0.4, 0.5) is 0 Å². The Morgan fingerprint density at radius 3 is 2.67 bits per heavy atom. The third-order valence-electron chi connectivity index (χ3n) is 4.35. The van der Waals surface area contributed by atoms with Crippen LogP contribution in [0.2, 0.25) is 0 Å². The summed E-state index contributed by atoms with van der Waals surface area (Å²) in [6, 6.07) is 7.82. The zero-order valence-electron chi connectivity index (χ0n) is 12.1. The maximum atomic E-state index is 6.42. The third kappa shape index (κ3) is 2.45. The molecule has 0 aliphatic carbocycles. The Labute approximate surface area is 111 Å². The Morgan fingerprint density at radius 1 is 1.28 bits per heavy atom. The molecule has 18 heavy (non-hydrogen) atoms. The molecule has 2 atom stereocenters. The molecule has 2 rings (SSSR count). The largest absolute Gasteiger partial charge is 0.326 e. The van der Waals surface area contributed by atoms with Crippen LogP contribution in [0.1, 0.15) is 49.4 Å². The number of hydrogen-bond donors (Lipinski definition) is 1. The average Bonchev–Trinajstić information content (AvgIpc) is 2.33. The van der Waals surface area contributed by atoms with Gasteiger partial charge in [-0.1, -0.05) is 18.2 Å². The zero-order chi connectivity index (χ0) is 13.3. The van der Waals surface area contributed by atoms with Crippen LogP contribution in [0.5, 0.6) is 0 Å². The molecule has 0 saturated carbocycles. The lowest BCUT2D eigenvalue weighted by atomic mass is 9.86. The van der Waals surface area contributed by atoms with Crippen LogP contribution in [0.25, 0.3) is 0 Å². The first-order chi connectivity index (χ1) is 8.52. The molecule has 1 aliphatic heterocycles. The second-order valence-electron chi connectivity index (χ2n) is 5.87. The topological polar surface area (TPSA) is 29.3 Å². The van der Waals surface area contributed by atoms with Crippen molar-refractivity contribution in [2.45, 2.75) is 58.7 Å². The van der Waals surface area contributed by atoms with Gasteiger partial charge in [-0.25, -0.2) is 0 Å². The second kappa shape index (κ2) is 5.41. The van der Waals surface area contributed by atoms with Crippen LogP contribution >= 0.6 is 0 Å². The molecular weight excluding hydrogens is 220 g/mol. The number of piperidine rings is 1. The van der Waals surface area contributed by atoms with Gasteiger partial charge in [0, 0.05) is 12.1 Å². The first-order valence-electron chi connectivity index (χ1n) is 7.09. The minimum absolute atomic E-state index is 0.265. The van der Waals surface area contributed by atoms with E-state index in [4.69, 9.17) is 5.73 Å². The Balaban J connectivity index is 2.40. The van der Waals surface area contributed by atoms with Gasteiger partial charge in [-0.05, 0) is 63.8 Å². The lowest BCUT2D eigenvalue weighted by molar-refractivity contribution is 0.0942. The van der Waals surface area contributed by atoms with E-state index in [9.17, 15) is 0 Å². The quantitative estimate of drug-likeness (QED) is 0.868. The molecule has 2 nitrogen and oxygen atoms in total. The summed E-state index contributed by atoms with van der Waals surface area (Å²) in [4.78, 5) is 2.57. The second-order valence-corrected chi connectivity index (χ2v) is 5.87. The van der Waals surface area contributed by atoms with Crippen molar-refractivity contribution < 1.29 is 0 Å². The van der Waals surface area contributed by atoms with E-state index in [0.717, 1.165) is 6.42 Å². The predicted molar refractivity (Wildman–Crippen MR) is 77.7 cm³/mol. The van der Waals surface area contributed by atoms with Crippen molar-refractivity contribution in [3.05, 3.63) is 34.9 Å². The molecule has 0 radical (unpaired) electrons. The van der Waals surface area contributed by atoms with Crippen molar-refractivity contribution in [2.24, 2.45) is 5.73 Å². The van der Waals surface area contributed by atoms with Crippen LogP contribution in [0.15, 0.2) is 18.2 Å². The van der Waals surface area contributed by atoms with E-state index in [1.165, 1.54) is 29.7 Å². The first-order valence-corrected chi connectivity index (χ1v) is 7.09. The summed E-state index contributed by atoms with van der Waals surface area (Å²) in [6.45, 7) is 10.1. The van der Waals surface area contributed by atoms with Gasteiger partial charge in [0.15, 0.2) is 0 Å². The molecule has 1 aromatic rings. The summed E-state index contributed by atoms with van der Waals surface area (Å²) in [7, 11) is 0. The fourth-order valence-electron chi connectivity index (χ4n) is 3.14. The van der Waals surface area contributed by atoms with Gasteiger partial charge in [-0.15, -0.1) is 0 Å². The fraction of sp³-hybridized carbons (Fsp3) is 0.625. The summed E-state index contributed by atoms with van der Waals surface area (Å²) in [5.41, 5.74) is 10.6. The number of nitrogens with two attached hydrogens (primary N) is 1. The smallest absolute Gasteiger partial charge is 0.0504 e.